The van der Waals surface area contributed by atoms with Crippen molar-refractivity contribution >= 4 is 30.1 Å². The van der Waals surface area contributed by atoms with Gasteiger partial charge in [-0.2, -0.15) is 0 Å². The number of likely N-dealkylation sites (tertiary alicyclic amines) is 1. The van der Waals surface area contributed by atoms with Gasteiger partial charge in [0, 0.05) is 19.0 Å². The summed E-state index contributed by atoms with van der Waals surface area (Å²) in [6.45, 7) is 10.9. The van der Waals surface area contributed by atoms with Crippen molar-refractivity contribution in [3.63, 3.8) is 0 Å². The van der Waals surface area contributed by atoms with E-state index in [1.165, 1.54) is 0 Å². The number of rotatable bonds is 9. The lowest BCUT2D eigenvalue weighted by molar-refractivity contribution is -0.138. The van der Waals surface area contributed by atoms with Gasteiger partial charge in [-0.05, 0) is 43.6 Å². The Balaban J connectivity index is 0.00000544. The Labute approximate surface area is 204 Å². The predicted octanol–water partition coefficient (Wildman–Crippen LogP) is 3.04. The van der Waals surface area contributed by atoms with Gasteiger partial charge >= 0.3 is 0 Å². The maximum absolute atomic E-state index is 12.9. The van der Waals surface area contributed by atoms with Gasteiger partial charge in [0.25, 0.3) is 0 Å². The first-order valence-electron chi connectivity index (χ1n) is 11.8. The Morgan fingerprint density at radius 1 is 1.00 bits per heavy atom. The lowest BCUT2D eigenvalue weighted by Crippen LogP contribution is -2.53. The summed E-state index contributed by atoms with van der Waals surface area (Å²) in [5, 5.41) is 5.97. The van der Waals surface area contributed by atoms with Crippen LogP contribution in [0.2, 0.25) is 0 Å². The molecule has 33 heavy (non-hydrogen) atoms. The third-order valence-corrected chi connectivity index (χ3v) is 6.13. The number of carbonyl (C=O) groups excluding carboxylic acids is 3. The van der Waals surface area contributed by atoms with E-state index < -0.39 is 12.1 Å². The molecule has 1 saturated heterocycles. The number of hydrogen-bond acceptors (Lipinski definition) is 4. The third-order valence-electron chi connectivity index (χ3n) is 6.13. The van der Waals surface area contributed by atoms with Crippen molar-refractivity contribution in [3.05, 3.63) is 35.9 Å². The number of nitrogens with one attached hydrogen (secondary N) is 2. The molecule has 3 amide bonds. The highest BCUT2D eigenvalue weighted by Gasteiger charge is 2.32. The summed E-state index contributed by atoms with van der Waals surface area (Å²) in [4.78, 5) is 40.1. The Morgan fingerprint density at radius 3 is 2.09 bits per heavy atom. The molecular formula is C25H41ClN4O3. The van der Waals surface area contributed by atoms with E-state index in [4.69, 9.17) is 5.73 Å². The van der Waals surface area contributed by atoms with E-state index in [2.05, 4.69) is 10.6 Å². The highest BCUT2D eigenvalue weighted by atomic mass is 35.5. The molecule has 4 N–H and O–H groups in total. The number of hydrogen-bond donors (Lipinski definition) is 3. The molecule has 0 spiro atoms. The van der Waals surface area contributed by atoms with Crippen molar-refractivity contribution < 1.29 is 14.4 Å². The Kier molecular flexibility index (Phi) is 11.9. The third kappa shape index (κ3) is 8.63. The summed E-state index contributed by atoms with van der Waals surface area (Å²) in [5.41, 5.74) is 7.06. The van der Waals surface area contributed by atoms with Gasteiger partial charge in [0.2, 0.25) is 17.7 Å². The smallest absolute Gasteiger partial charge is 0.243 e. The summed E-state index contributed by atoms with van der Waals surface area (Å²) in [6.07, 6.45) is 1.82. The quantitative estimate of drug-likeness (QED) is 0.505. The molecule has 186 valence electrons. The maximum Gasteiger partial charge on any atom is 0.243 e. The van der Waals surface area contributed by atoms with Crippen molar-refractivity contribution in [1.29, 1.82) is 0 Å². The second kappa shape index (κ2) is 13.6. The second-order valence-corrected chi connectivity index (χ2v) is 9.71. The molecular weight excluding hydrogens is 440 g/mol. The predicted molar refractivity (Wildman–Crippen MR) is 134 cm³/mol. The zero-order valence-corrected chi connectivity index (χ0v) is 21.4. The Bertz CT molecular complexity index is 764. The summed E-state index contributed by atoms with van der Waals surface area (Å²) in [5.74, 6) is -0.228. The van der Waals surface area contributed by atoms with E-state index in [9.17, 15) is 14.4 Å². The molecule has 8 heteroatoms. The van der Waals surface area contributed by atoms with Crippen LogP contribution < -0.4 is 16.4 Å². The van der Waals surface area contributed by atoms with Crippen molar-refractivity contribution in [2.45, 2.75) is 72.0 Å². The van der Waals surface area contributed by atoms with Crippen molar-refractivity contribution in [3.8, 4) is 0 Å². The lowest BCUT2D eigenvalue weighted by atomic mass is 9.93. The molecule has 7 nitrogen and oxygen atoms in total. The minimum absolute atomic E-state index is 0. The van der Waals surface area contributed by atoms with Crippen LogP contribution in [0.5, 0.6) is 0 Å². The van der Waals surface area contributed by atoms with Crippen LogP contribution in [0.25, 0.3) is 0 Å². The summed E-state index contributed by atoms with van der Waals surface area (Å²) >= 11 is 0. The number of benzene rings is 1. The van der Waals surface area contributed by atoms with Gasteiger partial charge in [-0.1, -0.05) is 58.0 Å². The first-order valence-corrected chi connectivity index (χ1v) is 11.8. The number of piperidine rings is 1. The van der Waals surface area contributed by atoms with Gasteiger partial charge < -0.3 is 21.3 Å². The standard InChI is InChI=1S/C25H40N4O3.ClH/c1-16(2)15-21(26)25(32)29-13-11-20(12-14-29)23(30)28-22(17(3)4)24(31)27-18(5)19-9-7-6-8-10-19;/h6-10,16-18,20-22H,11-15,26H2,1-5H3,(H,27,31)(H,28,30);1H/t18?,21-,22-;/m0./s1. The average molecular weight is 481 g/mol. The first-order chi connectivity index (χ1) is 15.1. The fourth-order valence-electron chi connectivity index (χ4n) is 4.14. The molecule has 2 rings (SSSR count). The zero-order valence-electron chi connectivity index (χ0n) is 20.5. The largest absolute Gasteiger partial charge is 0.348 e. The van der Waals surface area contributed by atoms with Crippen LogP contribution in [0.15, 0.2) is 30.3 Å². The molecule has 0 aliphatic carbocycles. The van der Waals surface area contributed by atoms with Crippen LogP contribution in [0.4, 0.5) is 0 Å². The van der Waals surface area contributed by atoms with E-state index in [0.717, 1.165) is 5.56 Å². The van der Waals surface area contributed by atoms with Gasteiger partial charge in [-0.15, -0.1) is 12.4 Å². The fourth-order valence-corrected chi connectivity index (χ4v) is 4.14. The highest BCUT2D eigenvalue weighted by Crippen LogP contribution is 2.20. The van der Waals surface area contributed by atoms with E-state index >= 15 is 0 Å². The molecule has 1 aromatic carbocycles. The number of nitrogens with zero attached hydrogens (tertiary/aromatic N) is 1. The van der Waals surface area contributed by atoms with Gasteiger partial charge in [0.1, 0.15) is 6.04 Å². The summed E-state index contributed by atoms with van der Waals surface area (Å²) in [7, 11) is 0. The van der Waals surface area contributed by atoms with Crippen LogP contribution in [-0.2, 0) is 14.4 Å². The monoisotopic (exact) mass is 480 g/mol. The van der Waals surface area contributed by atoms with Crippen LogP contribution >= 0.6 is 12.4 Å². The average Bonchev–Trinajstić information content (AvgIpc) is 2.76. The molecule has 1 fully saturated rings. The molecule has 0 bridgehead atoms. The van der Waals surface area contributed by atoms with Crippen LogP contribution in [0.1, 0.15) is 65.5 Å². The molecule has 0 radical (unpaired) electrons. The number of nitrogens with two attached hydrogens (primary N) is 1. The molecule has 1 aliphatic rings. The molecule has 0 saturated carbocycles. The minimum Gasteiger partial charge on any atom is -0.348 e. The van der Waals surface area contributed by atoms with E-state index in [1.54, 1.807) is 4.90 Å². The van der Waals surface area contributed by atoms with Crippen molar-refractivity contribution in [1.82, 2.24) is 15.5 Å². The molecule has 1 unspecified atom stereocenters. The molecule has 1 heterocycles. The van der Waals surface area contributed by atoms with E-state index in [-0.39, 0.29) is 48.0 Å². The number of halogens is 1. The topological polar surface area (TPSA) is 105 Å². The van der Waals surface area contributed by atoms with Crippen LogP contribution in [0.3, 0.4) is 0 Å². The van der Waals surface area contributed by atoms with Crippen LogP contribution in [-0.4, -0.2) is 47.8 Å². The van der Waals surface area contributed by atoms with Gasteiger partial charge in [-0.3, -0.25) is 14.4 Å². The zero-order chi connectivity index (χ0) is 23.8. The summed E-state index contributed by atoms with van der Waals surface area (Å²) < 4.78 is 0. The molecule has 1 aliphatic heterocycles. The first kappa shape index (κ1) is 28.9. The van der Waals surface area contributed by atoms with E-state index in [0.29, 0.717) is 38.3 Å². The van der Waals surface area contributed by atoms with Crippen LogP contribution in [0, 0.1) is 17.8 Å². The van der Waals surface area contributed by atoms with Gasteiger partial charge in [0.05, 0.1) is 12.1 Å². The van der Waals surface area contributed by atoms with Gasteiger partial charge in [0.15, 0.2) is 0 Å². The highest BCUT2D eigenvalue weighted by molar-refractivity contribution is 5.89. The lowest BCUT2D eigenvalue weighted by Gasteiger charge is -2.34. The Morgan fingerprint density at radius 2 is 1.58 bits per heavy atom. The van der Waals surface area contributed by atoms with Gasteiger partial charge in [-0.25, -0.2) is 0 Å². The minimum atomic E-state index is -0.604. The fraction of sp³-hybridized carbons (Fsp3) is 0.640. The Hall–Kier alpha value is -2.12. The summed E-state index contributed by atoms with van der Waals surface area (Å²) in [6, 6.07) is 8.51. The molecule has 0 aromatic heterocycles. The van der Waals surface area contributed by atoms with Crippen molar-refractivity contribution in [2.24, 2.45) is 23.5 Å². The molecule has 1 aromatic rings. The normalized spacial score (nSPS) is 17.2. The number of amides is 3. The number of carbonyl (C=O) groups is 3. The van der Waals surface area contributed by atoms with E-state index in [1.807, 2.05) is 65.0 Å². The maximum atomic E-state index is 12.9. The second-order valence-electron chi connectivity index (χ2n) is 9.71. The molecule has 3 atom stereocenters. The SMILES string of the molecule is CC(C)C[C@H](N)C(=O)N1CCC(C(=O)N[C@H](C(=O)NC(C)c2ccccc2)C(C)C)CC1.Cl. The van der Waals surface area contributed by atoms with Crippen molar-refractivity contribution in [2.75, 3.05) is 13.1 Å².